The first-order chi connectivity index (χ1) is 8.95. The third-order valence-corrected chi connectivity index (χ3v) is 3.19. The molecule has 0 fully saturated rings. The minimum Gasteiger partial charge on any atom is -0.364 e. The molecular weight excluding hydrogens is 270 g/mol. The van der Waals surface area contributed by atoms with Gasteiger partial charge in [-0.15, -0.1) is 0 Å². The van der Waals surface area contributed by atoms with Crippen molar-refractivity contribution in [2.45, 2.75) is 19.9 Å². The van der Waals surface area contributed by atoms with Crippen molar-refractivity contribution in [1.29, 1.82) is 0 Å². The topological polar surface area (TPSA) is 110 Å². The maximum absolute atomic E-state index is 11.1. The number of hydrogen-bond acceptors (Lipinski definition) is 7. The maximum atomic E-state index is 11.1. The van der Waals surface area contributed by atoms with E-state index in [9.17, 15) is 14.3 Å². The smallest absolute Gasteiger partial charge is 0.353 e. The van der Waals surface area contributed by atoms with Crippen LogP contribution in [0.15, 0.2) is 6.33 Å². The molecule has 9 heteroatoms. The van der Waals surface area contributed by atoms with Crippen molar-refractivity contribution < 1.29 is 9.13 Å². The van der Waals surface area contributed by atoms with Crippen molar-refractivity contribution in [3.8, 4) is 0 Å². The van der Waals surface area contributed by atoms with Crippen LogP contribution in [-0.4, -0.2) is 43.7 Å². The Morgan fingerprint density at radius 1 is 1.47 bits per heavy atom. The lowest BCUT2D eigenvalue weighted by atomic mass is 10.3. The summed E-state index contributed by atoms with van der Waals surface area (Å²) in [6.07, 6.45) is 2.83. The van der Waals surface area contributed by atoms with E-state index in [2.05, 4.69) is 20.6 Å². The molecule has 0 saturated heterocycles. The van der Waals surface area contributed by atoms with Gasteiger partial charge in [-0.3, -0.25) is 14.3 Å². The van der Waals surface area contributed by atoms with Crippen molar-refractivity contribution in [2.75, 3.05) is 29.2 Å². The first-order valence-electron chi connectivity index (χ1n) is 5.75. The van der Waals surface area contributed by atoms with E-state index in [1.165, 1.54) is 6.33 Å². The van der Waals surface area contributed by atoms with E-state index in [-0.39, 0.29) is 23.4 Å². The fourth-order valence-electron chi connectivity index (χ4n) is 1.58. The molecule has 1 rings (SSSR count). The van der Waals surface area contributed by atoms with Gasteiger partial charge in [0.05, 0.1) is 4.92 Å². The van der Waals surface area contributed by atoms with Crippen LogP contribution in [0.1, 0.15) is 13.8 Å². The number of nitro groups is 1. The fourth-order valence-corrected chi connectivity index (χ4v) is 2.37. The van der Waals surface area contributed by atoms with Crippen molar-refractivity contribution in [3.05, 3.63) is 16.4 Å². The molecule has 1 heterocycles. The average molecular weight is 287 g/mol. The molecule has 0 aliphatic carbocycles. The van der Waals surface area contributed by atoms with E-state index in [1.54, 1.807) is 13.2 Å². The molecule has 0 bridgehead atoms. The van der Waals surface area contributed by atoms with Crippen LogP contribution in [0.5, 0.6) is 0 Å². The van der Waals surface area contributed by atoms with Gasteiger partial charge in [0, 0.05) is 35.4 Å². The van der Waals surface area contributed by atoms with E-state index >= 15 is 0 Å². The third-order valence-electron chi connectivity index (χ3n) is 2.22. The Morgan fingerprint density at radius 2 is 2.11 bits per heavy atom. The fraction of sp³-hybridized carbons (Fsp3) is 0.600. The van der Waals surface area contributed by atoms with Gasteiger partial charge in [-0.25, -0.2) is 9.97 Å². The maximum Gasteiger partial charge on any atom is 0.353 e. The number of rotatable bonds is 7. The van der Waals surface area contributed by atoms with Crippen molar-refractivity contribution in [2.24, 2.45) is 0 Å². The van der Waals surface area contributed by atoms with Crippen LogP contribution in [0.25, 0.3) is 0 Å². The number of aromatic nitrogens is 2. The summed E-state index contributed by atoms with van der Waals surface area (Å²) in [5, 5.41) is 16.8. The number of nitrogens with one attached hydrogen (secondary N) is 2. The van der Waals surface area contributed by atoms with E-state index in [4.69, 9.17) is 0 Å². The van der Waals surface area contributed by atoms with Crippen molar-refractivity contribution >= 4 is 28.1 Å². The Bertz CT molecular complexity index is 482. The van der Waals surface area contributed by atoms with Gasteiger partial charge in [0.2, 0.25) is 11.6 Å². The minimum atomic E-state index is -0.987. The number of anilines is 2. The summed E-state index contributed by atoms with van der Waals surface area (Å²) in [5.74, 6) is 0.696. The second-order valence-electron chi connectivity index (χ2n) is 3.99. The van der Waals surface area contributed by atoms with Crippen molar-refractivity contribution in [1.82, 2.24) is 9.97 Å². The predicted molar refractivity (Wildman–Crippen MR) is 74.9 cm³/mol. The highest BCUT2D eigenvalue weighted by molar-refractivity contribution is 7.84. The Balaban J connectivity index is 3.02. The highest BCUT2D eigenvalue weighted by atomic mass is 32.2. The zero-order valence-corrected chi connectivity index (χ0v) is 11.9. The van der Waals surface area contributed by atoms with Gasteiger partial charge in [-0.2, -0.15) is 0 Å². The quantitative estimate of drug-likeness (QED) is 0.568. The number of nitrogens with zero attached hydrogens (tertiary/aromatic N) is 3. The molecule has 0 radical (unpaired) electrons. The van der Waals surface area contributed by atoms with E-state index < -0.39 is 15.7 Å². The van der Waals surface area contributed by atoms with E-state index in [1.807, 2.05) is 6.92 Å². The Morgan fingerprint density at radius 3 is 2.63 bits per heavy atom. The first-order valence-corrected chi connectivity index (χ1v) is 7.48. The molecular formula is C10H17N5O3S. The van der Waals surface area contributed by atoms with Crippen LogP contribution < -0.4 is 10.6 Å². The lowest BCUT2D eigenvalue weighted by Crippen LogP contribution is -2.23. The summed E-state index contributed by atoms with van der Waals surface area (Å²) >= 11 is 0. The molecule has 2 atom stereocenters. The Hall–Kier alpha value is -1.77. The first kappa shape index (κ1) is 15.3. The minimum absolute atomic E-state index is 0.133. The van der Waals surface area contributed by atoms with Crippen LogP contribution in [0, 0.1) is 10.1 Å². The van der Waals surface area contributed by atoms with E-state index in [0.717, 1.165) is 0 Å². The highest BCUT2D eigenvalue weighted by Gasteiger charge is 2.23. The molecule has 1 aromatic rings. The summed E-state index contributed by atoms with van der Waals surface area (Å²) in [6, 6.07) is -0.186. The molecule has 0 amide bonds. The van der Waals surface area contributed by atoms with E-state index in [0.29, 0.717) is 12.3 Å². The normalized spacial score (nSPS) is 13.6. The molecule has 2 unspecified atom stereocenters. The van der Waals surface area contributed by atoms with Gasteiger partial charge >= 0.3 is 5.69 Å². The average Bonchev–Trinajstić information content (AvgIpc) is 2.27. The summed E-state index contributed by atoms with van der Waals surface area (Å²) in [4.78, 5) is 18.3. The highest BCUT2D eigenvalue weighted by Crippen LogP contribution is 2.29. The Labute approximate surface area is 113 Å². The SMILES string of the molecule is CCNc1ncnc(NC(C)CS(C)=O)c1[N+](=O)[O-]. The molecule has 8 nitrogen and oxygen atoms in total. The van der Waals surface area contributed by atoms with Crippen LogP contribution in [-0.2, 0) is 10.8 Å². The standard InChI is InChI=1S/C10H17N5O3S/c1-4-11-9-8(15(16)17)10(13-6-12-9)14-7(2)5-19(3)18/h6-7H,4-5H2,1-3H3,(H2,11,12,13,14). The third kappa shape index (κ3) is 4.43. The summed E-state index contributed by atoms with van der Waals surface area (Å²) < 4.78 is 11.1. The van der Waals surface area contributed by atoms with Crippen molar-refractivity contribution in [3.63, 3.8) is 0 Å². The largest absolute Gasteiger partial charge is 0.364 e. The van der Waals surface area contributed by atoms with Crippen LogP contribution in [0.4, 0.5) is 17.3 Å². The van der Waals surface area contributed by atoms with Gasteiger partial charge in [0.15, 0.2) is 0 Å². The van der Waals surface area contributed by atoms with Gasteiger partial charge in [0.1, 0.15) is 6.33 Å². The zero-order chi connectivity index (χ0) is 14.4. The lowest BCUT2D eigenvalue weighted by molar-refractivity contribution is -0.383. The molecule has 106 valence electrons. The van der Waals surface area contributed by atoms with Gasteiger partial charge in [-0.1, -0.05) is 0 Å². The molecule has 2 N–H and O–H groups in total. The Kier molecular flexibility index (Phi) is 5.61. The molecule has 0 saturated carbocycles. The zero-order valence-electron chi connectivity index (χ0n) is 11.0. The summed E-state index contributed by atoms with van der Waals surface area (Å²) in [7, 11) is -0.987. The summed E-state index contributed by atoms with van der Waals surface area (Å²) in [5.41, 5.74) is -0.196. The second-order valence-corrected chi connectivity index (χ2v) is 5.47. The van der Waals surface area contributed by atoms with Crippen LogP contribution in [0.3, 0.4) is 0 Å². The van der Waals surface area contributed by atoms with Gasteiger partial charge in [-0.05, 0) is 13.8 Å². The molecule has 1 aromatic heterocycles. The molecule has 0 aliphatic heterocycles. The van der Waals surface area contributed by atoms with Gasteiger partial charge < -0.3 is 10.6 Å². The monoisotopic (exact) mass is 287 g/mol. The van der Waals surface area contributed by atoms with Gasteiger partial charge in [0.25, 0.3) is 0 Å². The molecule has 0 aromatic carbocycles. The number of hydrogen-bond donors (Lipinski definition) is 2. The van der Waals surface area contributed by atoms with Crippen LogP contribution in [0.2, 0.25) is 0 Å². The lowest BCUT2D eigenvalue weighted by Gasteiger charge is -2.14. The molecule has 19 heavy (non-hydrogen) atoms. The van der Waals surface area contributed by atoms with Crippen LogP contribution >= 0.6 is 0 Å². The predicted octanol–water partition coefficient (Wildman–Crippen LogP) is 0.996. The molecule has 0 aliphatic rings. The summed E-state index contributed by atoms with van der Waals surface area (Å²) in [6.45, 7) is 4.13. The second kappa shape index (κ2) is 6.98. The molecule has 0 spiro atoms.